The van der Waals surface area contributed by atoms with Crippen molar-refractivity contribution >= 4 is 35.4 Å². The molecule has 0 unspecified atom stereocenters. The molecule has 0 aliphatic rings. The number of anilines is 1. The first-order valence-corrected chi connectivity index (χ1v) is 7.74. The van der Waals surface area contributed by atoms with Gasteiger partial charge in [0.25, 0.3) is 11.7 Å². The van der Waals surface area contributed by atoms with Crippen LogP contribution in [0.5, 0.6) is 0 Å². The normalized spacial score (nSPS) is 11.7. The molecule has 0 saturated heterocycles. The topological polar surface area (TPSA) is 111 Å². The van der Waals surface area contributed by atoms with Crippen LogP contribution in [0.2, 0.25) is 0 Å². The van der Waals surface area contributed by atoms with Crippen LogP contribution in [0.15, 0.2) is 29.2 Å². The lowest BCUT2D eigenvalue weighted by Gasteiger charge is -2.13. The van der Waals surface area contributed by atoms with Crippen LogP contribution < -0.4 is 16.4 Å². The molecular formula is C14H17F2N3O4S. The molecule has 132 valence electrons. The number of hydrogen-bond acceptors (Lipinski definition) is 5. The van der Waals surface area contributed by atoms with Gasteiger partial charge in [0.15, 0.2) is 6.10 Å². The van der Waals surface area contributed by atoms with E-state index in [-0.39, 0.29) is 13.0 Å². The molecule has 0 heterocycles. The number of carbonyl (C=O) groups excluding carboxylic acids is 3. The lowest BCUT2D eigenvalue weighted by molar-refractivity contribution is -0.153. The number of ether oxygens (including phenoxy) is 1. The van der Waals surface area contributed by atoms with Crippen molar-refractivity contribution in [3.05, 3.63) is 24.3 Å². The highest BCUT2D eigenvalue weighted by Crippen LogP contribution is 2.26. The molecule has 0 aromatic heterocycles. The van der Waals surface area contributed by atoms with Crippen molar-refractivity contribution in [2.24, 2.45) is 5.73 Å². The number of nitrogens with two attached hydrogens (primary N) is 1. The summed E-state index contributed by atoms with van der Waals surface area (Å²) in [6.07, 6.45) is -1.18. The van der Waals surface area contributed by atoms with Crippen molar-refractivity contribution in [1.29, 1.82) is 0 Å². The Balaban J connectivity index is 2.43. The Hall–Kier alpha value is -2.36. The quantitative estimate of drug-likeness (QED) is 0.484. The number of halogens is 2. The summed E-state index contributed by atoms with van der Waals surface area (Å²) in [5.74, 6) is -3.76. The molecule has 10 heteroatoms. The minimum absolute atomic E-state index is 0.00573. The number of esters is 1. The standard InChI is InChI=1S/C14H17F2N3O4S/c1-8(23-11(20)6-7-18-14(17)22)12(21)19-9-2-4-10(5-3-9)24-13(15)16/h2-5,8,13H,6-7H2,1H3,(H,19,21)(H3,17,18,22)/t8-/m0/s1. The smallest absolute Gasteiger partial charge is 0.312 e. The molecule has 1 aromatic rings. The van der Waals surface area contributed by atoms with E-state index in [9.17, 15) is 23.2 Å². The van der Waals surface area contributed by atoms with Crippen LogP contribution in [0.1, 0.15) is 13.3 Å². The van der Waals surface area contributed by atoms with Crippen molar-refractivity contribution in [1.82, 2.24) is 5.32 Å². The third kappa shape index (κ3) is 7.77. The molecule has 0 spiro atoms. The fourth-order valence-electron chi connectivity index (χ4n) is 1.56. The van der Waals surface area contributed by atoms with Gasteiger partial charge in [-0.3, -0.25) is 9.59 Å². The predicted molar refractivity (Wildman–Crippen MR) is 84.7 cm³/mol. The van der Waals surface area contributed by atoms with E-state index in [1.807, 2.05) is 0 Å². The second-order valence-electron chi connectivity index (χ2n) is 4.57. The second-order valence-corrected chi connectivity index (χ2v) is 5.63. The van der Waals surface area contributed by atoms with Crippen LogP contribution in [0.3, 0.4) is 0 Å². The SMILES string of the molecule is C[C@H](OC(=O)CCNC(N)=O)C(=O)Nc1ccc(SC(F)F)cc1. The summed E-state index contributed by atoms with van der Waals surface area (Å²) in [6, 6.07) is 5.06. The van der Waals surface area contributed by atoms with Crippen LogP contribution in [0.25, 0.3) is 0 Å². The van der Waals surface area contributed by atoms with Crippen molar-refractivity contribution in [2.45, 2.75) is 30.1 Å². The number of nitrogens with one attached hydrogen (secondary N) is 2. The molecule has 0 aliphatic heterocycles. The van der Waals surface area contributed by atoms with E-state index in [0.29, 0.717) is 22.3 Å². The first-order valence-electron chi connectivity index (χ1n) is 6.86. The fourth-order valence-corrected chi connectivity index (χ4v) is 2.06. The monoisotopic (exact) mass is 361 g/mol. The number of hydrogen-bond donors (Lipinski definition) is 3. The summed E-state index contributed by atoms with van der Waals surface area (Å²) < 4.78 is 29.3. The highest BCUT2D eigenvalue weighted by atomic mass is 32.2. The minimum atomic E-state index is -2.52. The predicted octanol–water partition coefficient (Wildman–Crippen LogP) is 1.93. The van der Waals surface area contributed by atoms with Crippen molar-refractivity contribution in [3.8, 4) is 0 Å². The van der Waals surface area contributed by atoms with Crippen molar-refractivity contribution in [2.75, 3.05) is 11.9 Å². The fraction of sp³-hybridized carbons (Fsp3) is 0.357. The highest BCUT2D eigenvalue weighted by Gasteiger charge is 2.18. The molecule has 24 heavy (non-hydrogen) atoms. The molecular weight excluding hydrogens is 344 g/mol. The maximum Gasteiger partial charge on any atom is 0.312 e. The van der Waals surface area contributed by atoms with Crippen molar-refractivity contribution < 1.29 is 27.9 Å². The van der Waals surface area contributed by atoms with Gasteiger partial charge in [-0.15, -0.1) is 0 Å². The average Bonchev–Trinajstić information content (AvgIpc) is 2.48. The molecule has 7 nitrogen and oxygen atoms in total. The van der Waals surface area contributed by atoms with E-state index >= 15 is 0 Å². The molecule has 0 radical (unpaired) electrons. The number of benzene rings is 1. The van der Waals surface area contributed by atoms with E-state index in [1.54, 1.807) is 0 Å². The lowest BCUT2D eigenvalue weighted by atomic mass is 10.3. The van der Waals surface area contributed by atoms with E-state index in [0.717, 1.165) is 0 Å². The third-order valence-corrected chi connectivity index (χ3v) is 3.38. The molecule has 4 N–H and O–H groups in total. The zero-order chi connectivity index (χ0) is 18.1. The van der Waals surface area contributed by atoms with Gasteiger partial charge >= 0.3 is 12.0 Å². The van der Waals surface area contributed by atoms with E-state index in [1.165, 1.54) is 31.2 Å². The number of amides is 3. The van der Waals surface area contributed by atoms with Gasteiger partial charge in [0.05, 0.1) is 6.42 Å². The van der Waals surface area contributed by atoms with Crippen LogP contribution in [-0.4, -0.2) is 36.3 Å². The van der Waals surface area contributed by atoms with Crippen LogP contribution >= 0.6 is 11.8 Å². The Morgan fingerprint density at radius 1 is 1.25 bits per heavy atom. The van der Waals surface area contributed by atoms with Gasteiger partial charge < -0.3 is 21.1 Å². The highest BCUT2D eigenvalue weighted by molar-refractivity contribution is 7.99. The maximum atomic E-state index is 12.2. The van der Waals surface area contributed by atoms with Crippen molar-refractivity contribution in [3.63, 3.8) is 0 Å². The third-order valence-electron chi connectivity index (χ3n) is 2.65. The van der Waals surface area contributed by atoms with Gasteiger partial charge in [-0.1, -0.05) is 11.8 Å². The number of alkyl halides is 2. The molecule has 0 saturated carbocycles. The molecule has 0 aliphatic carbocycles. The molecule has 0 bridgehead atoms. The summed E-state index contributed by atoms with van der Waals surface area (Å²) in [5, 5.41) is 4.72. The number of urea groups is 1. The van der Waals surface area contributed by atoms with Gasteiger partial charge in [0.2, 0.25) is 0 Å². The Morgan fingerprint density at radius 3 is 2.42 bits per heavy atom. The summed E-state index contributed by atoms with van der Waals surface area (Å²) in [4.78, 5) is 34.2. The zero-order valence-electron chi connectivity index (χ0n) is 12.8. The molecule has 0 fully saturated rings. The average molecular weight is 361 g/mol. The van der Waals surface area contributed by atoms with E-state index in [4.69, 9.17) is 10.5 Å². The van der Waals surface area contributed by atoms with Crippen LogP contribution in [0, 0.1) is 0 Å². The summed E-state index contributed by atoms with van der Waals surface area (Å²) in [6.45, 7) is 1.39. The number of rotatable bonds is 8. The van der Waals surface area contributed by atoms with Gasteiger partial charge in [-0.2, -0.15) is 8.78 Å². The second kappa shape index (κ2) is 9.71. The molecule has 1 rings (SSSR count). The number of carbonyl (C=O) groups is 3. The Labute approximate surface area is 141 Å². The molecule has 1 atom stereocenters. The summed E-state index contributed by atoms with van der Waals surface area (Å²) in [7, 11) is 0. The summed E-state index contributed by atoms with van der Waals surface area (Å²) >= 11 is 0.396. The summed E-state index contributed by atoms with van der Waals surface area (Å²) in [5.41, 5.74) is 5.23. The first-order chi connectivity index (χ1) is 11.3. The number of primary amides is 1. The largest absolute Gasteiger partial charge is 0.452 e. The van der Waals surface area contributed by atoms with Gasteiger partial charge in [-0.25, -0.2) is 4.79 Å². The Kier molecular flexibility index (Phi) is 7.96. The van der Waals surface area contributed by atoms with Gasteiger partial charge in [0.1, 0.15) is 0 Å². The molecule has 1 aromatic carbocycles. The van der Waals surface area contributed by atoms with E-state index < -0.39 is 29.8 Å². The minimum Gasteiger partial charge on any atom is -0.452 e. The Bertz CT molecular complexity index is 584. The number of thioether (sulfide) groups is 1. The first kappa shape index (κ1) is 19.7. The Morgan fingerprint density at radius 2 is 1.88 bits per heavy atom. The van der Waals surface area contributed by atoms with Gasteiger partial charge in [-0.05, 0) is 31.2 Å². The molecule has 3 amide bonds. The maximum absolute atomic E-state index is 12.2. The zero-order valence-corrected chi connectivity index (χ0v) is 13.6. The van der Waals surface area contributed by atoms with E-state index in [2.05, 4.69) is 10.6 Å². The van der Waals surface area contributed by atoms with Crippen LogP contribution in [0.4, 0.5) is 19.3 Å². The van der Waals surface area contributed by atoms with Crippen LogP contribution in [-0.2, 0) is 14.3 Å². The lowest BCUT2D eigenvalue weighted by Crippen LogP contribution is -2.33. The van der Waals surface area contributed by atoms with Gasteiger partial charge in [0, 0.05) is 17.1 Å².